The fourth-order valence-corrected chi connectivity index (χ4v) is 5.50. The molecule has 1 N–H and O–H groups in total. The van der Waals surface area contributed by atoms with Crippen molar-refractivity contribution in [3.63, 3.8) is 0 Å². The lowest BCUT2D eigenvalue weighted by atomic mass is 9.97. The van der Waals surface area contributed by atoms with Crippen molar-refractivity contribution in [3.8, 4) is 11.4 Å². The molecule has 1 saturated heterocycles. The van der Waals surface area contributed by atoms with Gasteiger partial charge in [-0.3, -0.25) is 9.59 Å². The van der Waals surface area contributed by atoms with E-state index < -0.39 is 0 Å². The molecule has 0 unspecified atom stereocenters. The molecule has 37 heavy (non-hydrogen) atoms. The van der Waals surface area contributed by atoms with E-state index >= 15 is 0 Å². The third-order valence-corrected chi connectivity index (χ3v) is 7.40. The summed E-state index contributed by atoms with van der Waals surface area (Å²) in [6, 6.07) is 18.9. The minimum absolute atomic E-state index is 0.0371. The summed E-state index contributed by atoms with van der Waals surface area (Å²) in [6.45, 7) is 5.29. The summed E-state index contributed by atoms with van der Waals surface area (Å²) in [5.41, 5.74) is 2.72. The Kier molecular flexibility index (Phi) is 7.37. The number of aromatic nitrogens is 2. The first kappa shape index (κ1) is 24.8. The van der Waals surface area contributed by atoms with Crippen molar-refractivity contribution < 1.29 is 14.3 Å². The molecule has 190 valence electrons. The molecule has 0 spiro atoms. The van der Waals surface area contributed by atoms with Crippen molar-refractivity contribution in [2.45, 2.75) is 38.7 Å². The number of hydrogen-bond donors (Lipinski definition) is 1. The fraction of sp³-hybridized carbons (Fsp3) is 0.276. The van der Waals surface area contributed by atoms with Crippen LogP contribution in [0.5, 0.6) is 5.75 Å². The van der Waals surface area contributed by atoms with Crippen LogP contribution in [-0.4, -0.2) is 45.5 Å². The normalized spacial score (nSPS) is 14.1. The lowest BCUT2D eigenvalue weighted by Gasteiger charge is -2.31. The zero-order valence-corrected chi connectivity index (χ0v) is 21.8. The van der Waals surface area contributed by atoms with E-state index in [0.29, 0.717) is 24.3 Å². The lowest BCUT2D eigenvalue weighted by molar-refractivity contribution is 0.0713. The Bertz CT molecular complexity index is 1350. The number of carbonyl (C=O) groups excluding carboxylic acids is 2. The molecule has 0 atom stereocenters. The van der Waals surface area contributed by atoms with Crippen LogP contribution in [0.3, 0.4) is 0 Å². The molecular weight excluding hydrogens is 484 g/mol. The summed E-state index contributed by atoms with van der Waals surface area (Å²) < 4.78 is 7.64. The van der Waals surface area contributed by atoms with Gasteiger partial charge in [0.2, 0.25) is 0 Å². The highest BCUT2D eigenvalue weighted by atomic mass is 32.1. The number of piperidine rings is 1. The summed E-state index contributed by atoms with van der Waals surface area (Å²) in [5.74, 6) is 0.821. The first-order valence-corrected chi connectivity index (χ1v) is 13.4. The minimum Gasteiger partial charge on any atom is -0.491 e. The number of likely N-dealkylation sites (tertiary alicyclic amines) is 1. The number of para-hydroxylation sites is 2. The van der Waals surface area contributed by atoms with Gasteiger partial charge in [0, 0.05) is 42.3 Å². The second-order valence-electron chi connectivity index (χ2n) is 9.39. The van der Waals surface area contributed by atoms with Crippen LogP contribution >= 0.6 is 11.3 Å². The van der Waals surface area contributed by atoms with E-state index in [1.807, 2.05) is 102 Å². The van der Waals surface area contributed by atoms with Crippen LogP contribution < -0.4 is 10.1 Å². The maximum absolute atomic E-state index is 13.0. The highest BCUT2D eigenvalue weighted by Gasteiger charge is 2.27. The number of ether oxygens (including phenoxy) is 1. The van der Waals surface area contributed by atoms with Gasteiger partial charge in [-0.05, 0) is 75.2 Å². The van der Waals surface area contributed by atoms with Crippen LogP contribution in [0.2, 0.25) is 0 Å². The minimum atomic E-state index is -0.223. The molecule has 0 bridgehead atoms. The number of anilines is 1. The topological polar surface area (TPSA) is 76.5 Å². The summed E-state index contributed by atoms with van der Waals surface area (Å²) in [5, 5.41) is 5.78. The van der Waals surface area contributed by atoms with E-state index in [1.165, 1.54) is 11.3 Å². The quantitative estimate of drug-likeness (QED) is 0.329. The second-order valence-corrected chi connectivity index (χ2v) is 10.3. The van der Waals surface area contributed by atoms with Crippen LogP contribution in [-0.2, 0) is 0 Å². The molecule has 2 aromatic carbocycles. The molecular formula is C29H30N4O3S. The van der Waals surface area contributed by atoms with E-state index in [-0.39, 0.29) is 23.8 Å². The molecule has 2 amide bonds. The number of rotatable bonds is 7. The van der Waals surface area contributed by atoms with Crippen molar-refractivity contribution in [3.05, 3.63) is 94.7 Å². The Hall–Kier alpha value is -3.91. The van der Waals surface area contributed by atoms with Gasteiger partial charge in [-0.15, -0.1) is 11.3 Å². The molecule has 8 heteroatoms. The number of nitrogens with zero attached hydrogens (tertiary/aromatic N) is 3. The van der Waals surface area contributed by atoms with Crippen molar-refractivity contribution in [2.24, 2.45) is 0 Å². The van der Waals surface area contributed by atoms with E-state index in [4.69, 9.17) is 4.74 Å². The number of nitrogens with one attached hydrogen (secondary N) is 1. The maximum atomic E-state index is 13.0. The Morgan fingerprint density at radius 3 is 2.41 bits per heavy atom. The van der Waals surface area contributed by atoms with E-state index in [2.05, 4.69) is 10.3 Å². The molecule has 0 aliphatic carbocycles. The van der Waals surface area contributed by atoms with Gasteiger partial charge in [-0.1, -0.05) is 12.1 Å². The third kappa shape index (κ3) is 5.75. The van der Waals surface area contributed by atoms with Crippen LogP contribution in [0.15, 0.2) is 78.4 Å². The summed E-state index contributed by atoms with van der Waals surface area (Å²) >= 11 is 1.51. The molecule has 4 aromatic rings. The molecule has 0 saturated carbocycles. The van der Waals surface area contributed by atoms with E-state index in [0.717, 1.165) is 35.0 Å². The van der Waals surface area contributed by atoms with Gasteiger partial charge < -0.3 is 19.5 Å². The average molecular weight is 515 g/mol. The predicted molar refractivity (Wildman–Crippen MR) is 146 cm³/mol. The maximum Gasteiger partial charge on any atom is 0.275 e. The van der Waals surface area contributed by atoms with Gasteiger partial charge in [0.15, 0.2) is 0 Å². The van der Waals surface area contributed by atoms with Crippen molar-refractivity contribution in [1.82, 2.24) is 14.5 Å². The fourth-order valence-electron chi connectivity index (χ4n) is 4.53. The smallest absolute Gasteiger partial charge is 0.275 e. The van der Waals surface area contributed by atoms with Gasteiger partial charge in [0.05, 0.1) is 22.5 Å². The van der Waals surface area contributed by atoms with Gasteiger partial charge in [0.25, 0.3) is 11.8 Å². The van der Waals surface area contributed by atoms with Crippen LogP contribution in [0.25, 0.3) is 5.69 Å². The SMILES string of the molecule is CC(C)Oc1ccc(C(=O)N2CCC(c3nc(C(=O)Nc4ccccc4-n4cccc4)cs3)CC2)cc1. The third-order valence-electron chi connectivity index (χ3n) is 6.39. The van der Waals surface area contributed by atoms with Crippen LogP contribution in [0, 0.1) is 0 Å². The Labute approximate surface area is 220 Å². The Morgan fingerprint density at radius 1 is 1.00 bits per heavy atom. The lowest BCUT2D eigenvalue weighted by Crippen LogP contribution is -2.37. The Balaban J connectivity index is 1.18. The molecule has 7 nitrogen and oxygen atoms in total. The highest BCUT2D eigenvalue weighted by Crippen LogP contribution is 2.31. The van der Waals surface area contributed by atoms with Crippen LogP contribution in [0.4, 0.5) is 5.69 Å². The number of benzene rings is 2. The molecule has 1 aliphatic heterocycles. The molecule has 1 fully saturated rings. The number of carbonyl (C=O) groups is 2. The average Bonchev–Trinajstić information content (AvgIpc) is 3.62. The van der Waals surface area contributed by atoms with Crippen molar-refractivity contribution >= 4 is 28.8 Å². The second kappa shape index (κ2) is 11.0. The van der Waals surface area contributed by atoms with Crippen molar-refractivity contribution in [1.29, 1.82) is 0 Å². The van der Waals surface area contributed by atoms with E-state index in [9.17, 15) is 9.59 Å². The van der Waals surface area contributed by atoms with Crippen LogP contribution in [0.1, 0.15) is 58.5 Å². The standard InChI is InChI=1S/C29H30N4O3S/c1-20(2)36-23-11-9-22(10-12-23)29(35)33-17-13-21(14-18-33)28-31-25(19-37-28)27(34)30-24-7-3-4-8-26(24)32-15-5-6-16-32/h3-12,15-16,19-21H,13-14,17-18H2,1-2H3,(H,30,34). The van der Waals surface area contributed by atoms with Gasteiger partial charge >= 0.3 is 0 Å². The van der Waals surface area contributed by atoms with Gasteiger partial charge in [-0.25, -0.2) is 4.98 Å². The molecule has 0 radical (unpaired) electrons. The van der Waals surface area contributed by atoms with E-state index in [1.54, 1.807) is 0 Å². The molecule has 3 heterocycles. The summed E-state index contributed by atoms with van der Waals surface area (Å²) in [7, 11) is 0. The Morgan fingerprint density at radius 2 is 1.70 bits per heavy atom. The number of amides is 2. The first-order valence-electron chi connectivity index (χ1n) is 12.5. The zero-order chi connectivity index (χ0) is 25.8. The monoisotopic (exact) mass is 514 g/mol. The van der Waals surface area contributed by atoms with Gasteiger partial charge in [-0.2, -0.15) is 0 Å². The number of thiazole rings is 1. The number of hydrogen-bond acceptors (Lipinski definition) is 5. The first-order chi connectivity index (χ1) is 18.0. The molecule has 2 aromatic heterocycles. The predicted octanol–water partition coefficient (Wildman–Crippen LogP) is 5.99. The summed E-state index contributed by atoms with van der Waals surface area (Å²) in [6.07, 6.45) is 5.63. The molecule has 1 aliphatic rings. The zero-order valence-electron chi connectivity index (χ0n) is 21.0. The summed E-state index contributed by atoms with van der Waals surface area (Å²) in [4.78, 5) is 32.5. The highest BCUT2D eigenvalue weighted by molar-refractivity contribution is 7.10. The largest absolute Gasteiger partial charge is 0.491 e. The van der Waals surface area contributed by atoms with Crippen molar-refractivity contribution in [2.75, 3.05) is 18.4 Å². The van der Waals surface area contributed by atoms with Gasteiger partial charge in [0.1, 0.15) is 11.4 Å². The molecule has 5 rings (SSSR count).